The smallest absolute Gasteiger partial charge is 0.278 e. The lowest BCUT2D eigenvalue weighted by Crippen LogP contribution is -2.43. The van der Waals surface area contributed by atoms with Crippen molar-refractivity contribution in [3.05, 3.63) is 58.8 Å². The fraction of sp³-hybridized carbons (Fsp3) is 0.385. The van der Waals surface area contributed by atoms with E-state index < -0.39 is 0 Å². The number of anilines is 1. The molecule has 1 N–H and O–H groups in total. The minimum Gasteiger partial charge on any atom is -0.497 e. The summed E-state index contributed by atoms with van der Waals surface area (Å²) in [6.07, 6.45) is 0. The molecule has 0 atom stereocenters. The molecule has 0 saturated carbocycles. The summed E-state index contributed by atoms with van der Waals surface area (Å²) in [7, 11) is 3.13. The zero-order valence-electron chi connectivity index (χ0n) is 20.1. The van der Waals surface area contributed by atoms with Crippen molar-refractivity contribution in [2.45, 2.75) is 13.8 Å². The van der Waals surface area contributed by atoms with Crippen LogP contribution in [0.1, 0.15) is 16.7 Å². The number of nitrogens with zero attached hydrogens (tertiary/aromatic N) is 2. The summed E-state index contributed by atoms with van der Waals surface area (Å²) < 4.78 is 16.1. The molecule has 2 heterocycles. The lowest BCUT2D eigenvalue weighted by Gasteiger charge is -2.28. The average molecular weight is 466 g/mol. The van der Waals surface area contributed by atoms with Crippen LogP contribution in [0.25, 0.3) is 5.57 Å². The van der Waals surface area contributed by atoms with E-state index in [4.69, 9.17) is 14.2 Å². The van der Waals surface area contributed by atoms with E-state index in [1.807, 2.05) is 32.0 Å². The van der Waals surface area contributed by atoms with Gasteiger partial charge in [-0.15, -0.1) is 0 Å². The number of aryl methyl sites for hydroxylation is 2. The molecule has 34 heavy (non-hydrogen) atoms. The van der Waals surface area contributed by atoms with Crippen LogP contribution in [0.2, 0.25) is 0 Å². The second-order valence-electron chi connectivity index (χ2n) is 8.51. The van der Waals surface area contributed by atoms with E-state index in [9.17, 15) is 9.59 Å². The van der Waals surface area contributed by atoms with Crippen LogP contribution in [0.3, 0.4) is 0 Å². The summed E-state index contributed by atoms with van der Waals surface area (Å²) in [5.74, 6) is 0.533. The average Bonchev–Trinajstić information content (AvgIpc) is 3.07. The van der Waals surface area contributed by atoms with Crippen molar-refractivity contribution in [1.29, 1.82) is 0 Å². The summed E-state index contributed by atoms with van der Waals surface area (Å²) in [4.78, 5) is 30.7. The highest BCUT2D eigenvalue weighted by Crippen LogP contribution is 2.34. The molecule has 0 spiro atoms. The first-order chi connectivity index (χ1) is 16.4. The van der Waals surface area contributed by atoms with E-state index in [1.165, 1.54) is 4.90 Å². The summed E-state index contributed by atoms with van der Waals surface area (Å²) in [6, 6.07) is 11.2. The number of hydrogen-bond acceptors (Lipinski definition) is 7. The molecular weight excluding hydrogens is 434 g/mol. The first kappa shape index (κ1) is 23.8. The van der Waals surface area contributed by atoms with Crippen LogP contribution in [0.15, 0.2) is 42.1 Å². The fourth-order valence-electron chi connectivity index (χ4n) is 4.33. The maximum atomic E-state index is 13.6. The molecule has 2 aromatic carbocycles. The van der Waals surface area contributed by atoms with Crippen molar-refractivity contribution >= 4 is 23.1 Å². The Kier molecular flexibility index (Phi) is 7.19. The number of benzene rings is 2. The van der Waals surface area contributed by atoms with E-state index >= 15 is 0 Å². The van der Waals surface area contributed by atoms with Crippen LogP contribution in [-0.2, 0) is 14.3 Å². The second kappa shape index (κ2) is 10.3. The van der Waals surface area contributed by atoms with Gasteiger partial charge in [0.25, 0.3) is 11.8 Å². The molecule has 0 bridgehead atoms. The molecule has 0 aromatic heterocycles. The van der Waals surface area contributed by atoms with Crippen LogP contribution in [0.5, 0.6) is 11.5 Å². The van der Waals surface area contributed by atoms with Crippen LogP contribution in [0.4, 0.5) is 5.69 Å². The Morgan fingerprint density at radius 1 is 0.912 bits per heavy atom. The normalized spacial score (nSPS) is 16.9. The molecule has 0 aliphatic carbocycles. The lowest BCUT2D eigenvalue weighted by molar-refractivity contribution is -0.137. The topological polar surface area (TPSA) is 80.3 Å². The highest BCUT2D eigenvalue weighted by atomic mass is 16.5. The summed E-state index contributed by atoms with van der Waals surface area (Å²) in [6.45, 7) is 7.81. The van der Waals surface area contributed by atoms with Crippen molar-refractivity contribution in [2.24, 2.45) is 0 Å². The first-order valence-corrected chi connectivity index (χ1v) is 11.4. The van der Waals surface area contributed by atoms with E-state index in [2.05, 4.69) is 10.2 Å². The van der Waals surface area contributed by atoms with Crippen molar-refractivity contribution in [1.82, 2.24) is 9.80 Å². The van der Waals surface area contributed by atoms with Gasteiger partial charge in [-0.2, -0.15) is 0 Å². The maximum absolute atomic E-state index is 13.6. The van der Waals surface area contributed by atoms with Crippen molar-refractivity contribution in [3.8, 4) is 11.5 Å². The molecule has 0 radical (unpaired) electrons. The van der Waals surface area contributed by atoms with Gasteiger partial charge in [0, 0.05) is 50.1 Å². The van der Waals surface area contributed by atoms with Gasteiger partial charge in [-0.25, -0.2) is 0 Å². The number of nitrogens with one attached hydrogen (secondary N) is 1. The quantitative estimate of drug-likeness (QED) is 0.601. The zero-order valence-corrected chi connectivity index (χ0v) is 20.1. The third-order valence-corrected chi connectivity index (χ3v) is 6.18. The third kappa shape index (κ3) is 4.93. The number of ether oxygens (including phenoxy) is 3. The van der Waals surface area contributed by atoms with Gasteiger partial charge in [-0.1, -0.05) is 23.8 Å². The van der Waals surface area contributed by atoms with Crippen molar-refractivity contribution < 1.29 is 23.8 Å². The second-order valence-corrected chi connectivity index (χ2v) is 8.51. The number of rotatable bonds is 8. The molecule has 2 aliphatic heterocycles. The number of carbonyl (C=O) groups excluding carboxylic acids is 2. The van der Waals surface area contributed by atoms with Gasteiger partial charge in [0.15, 0.2) is 0 Å². The number of methoxy groups -OCH3 is 2. The largest absolute Gasteiger partial charge is 0.497 e. The predicted molar refractivity (Wildman–Crippen MR) is 130 cm³/mol. The Morgan fingerprint density at radius 2 is 1.59 bits per heavy atom. The molecule has 1 saturated heterocycles. The van der Waals surface area contributed by atoms with Gasteiger partial charge >= 0.3 is 0 Å². The first-order valence-electron chi connectivity index (χ1n) is 11.4. The lowest BCUT2D eigenvalue weighted by atomic mass is 9.97. The van der Waals surface area contributed by atoms with E-state index in [0.29, 0.717) is 49.1 Å². The number of hydrogen-bond donors (Lipinski definition) is 1. The summed E-state index contributed by atoms with van der Waals surface area (Å²) in [5.41, 5.74) is 4.02. The molecule has 8 heteroatoms. The van der Waals surface area contributed by atoms with E-state index in [1.54, 1.807) is 32.4 Å². The SMILES string of the molecule is COc1cc(NC2=C(c3ccc(C)cc3C)C(=O)N(CCN3CCOCC3)C2=O)cc(OC)c1. The molecule has 8 nitrogen and oxygen atoms in total. The van der Waals surface area contributed by atoms with E-state index in [0.717, 1.165) is 29.8 Å². The highest BCUT2D eigenvalue weighted by molar-refractivity contribution is 6.36. The van der Waals surface area contributed by atoms with Gasteiger partial charge in [0.05, 0.1) is 33.0 Å². The Bertz CT molecular complexity index is 1100. The standard InChI is InChI=1S/C26H31N3O5/c1-17-5-6-22(18(2)13-17)23-24(27-19-14-20(32-3)16-21(15-19)33-4)26(31)29(25(23)30)8-7-28-9-11-34-12-10-28/h5-6,13-16,27H,7-12H2,1-4H3. The summed E-state index contributed by atoms with van der Waals surface area (Å²) in [5, 5.41) is 3.20. The van der Waals surface area contributed by atoms with Gasteiger partial charge in [-0.05, 0) is 25.0 Å². The van der Waals surface area contributed by atoms with Crippen LogP contribution in [-0.4, -0.2) is 75.2 Å². The van der Waals surface area contributed by atoms with E-state index in [-0.39, 0.29) is 17.5 Å². The number of carbonyl (C=O) groups is 2. The molecular formula is C26H31N3O5. The highest BCUT2D eigenvalue weighted by Gasteiger charge is 2.39. The molecule has 2 amide bonds. The predicted octanol–water partition coefficient (Wildman–Crippen LogP) is 2.84. The number of imide groups is 1. The monoisotopic (exact) mass is 465 g/mol. The van der Waals surface area contributed by atoms with Gasteiger partial charge in [-0.3, -0.25) is 19.4 Å². The van der Waals surface area contributed by atoms with Crippen molar-refractivity contribution in [3.63, 3.8) is 0 Å². The summed E-state index contributed by atoms with van der Waals surface area (Å²) >= 11 is 0. The minimum atomic E-state index is -0.338. The van der Waals surface area contributed by atoms with Gasteiger partial charge in [0.2, 0.25) is 0 Å². The Morgan fingerprint density at radius 3 is 2.21 bits per heavy atom. The fourth-order valence-corrected chi connectivity index (χ4v) is 4.33. The molecule has 1 fully saturated rings. The van der Waals surface area contributed by atoms with Gasteiger partial charge in [0.1, 0.15) is 17.2 Å². The van der Waals surface area contributed by atoms with Gasteiger partial charge < -0.3 is 19.5 Å². The Balaban J connectivity index is 1.69. The van der Waals surface area contributed by atoms with Crippen LogP contribution < -0.4 is 14.8 Å². The molecule has 2 aromatic rings. The van der Waals surface area contributed by atoms with Crippen molar-refractivity contribution in [2.75, 3.05) is 58.9 Å². The van der Waals surface area contributed by atoms with Crippen LogP contribution in [0, 0.1) is 13.8 Å². The van der Waals surface area contributed by atoms with Crippen LogP contribution >= 0.6 is 0 Å². The number of amides is 2. The molecule has 0 unspecified atom stereocenters. The maximum Gasteiger partial charge on any atom is 0.278 e. The molecule has 180 valence electrons. The molecule has 2 aliphatic rings. The Labute approximate surface area is 200 Å². The number of morpholine rings is 1. The Hall–Kier alpha value is -3.36. The zero-order chi connectivity index (χ0) is 24.2. The minimum absolute atomic E-state index is 0.259. The third-order valence-electron chi connectivity index (χ3n) is 6.18. The molecule has 4 rings (SSSR count).